The van der Waals surface area contributed by atoms with E-state index in [1.165, 1.54) is 0 Å². The molecule has 0 saturated heterocycles. The van der Waals surface area contributed by atoms with Gasteiger partial charge in [0, 0.05) is 5.56 Å². The lowest BCUT2D eigenvalue weighted by Crippen LogP contribution is -2.12. The number of primary amides is 1. The minimum atomic E-state index is -0.466. The molecule has 4 heteroatoms. The standard InChI is InChI=1S/C11H12N2O2/c1-8(6-7-12)15-10-4-2-9(3-5-10)11(13)14/h2-5,8H,6H2,1H3,(H2,13,14). The van der Waals surface area contributed by atoms with Gasteiger partial charge in [-0.1, -0.05) is 0 Å². The Kier molecular flexibility index (Phi) is 3.69. The van der Waals surface area contributed by atoms with Gasteiger partial charge in [0.2, 0.25) is 5.91 Å². The summed E-state index contributed by atoms with van der Waals surface area (Å²) < 4.78 is 5.41. The summed E-state index contributed by atoms with van der Waals surface area (Å²) in [5, 5.41) is 8.44. The lowest BCUT2D eigenvalue weighted by Gasteiger charge is -2.11. The molecule has 1 rings (SSSR count). The van der Waals surface area contributed by atoms with E-state index in [2.05, 4.69) is 0 Å². The summed E-state index contributed by atoms with van der Waals surface area (Å²) >= 11 is 0. The first-order valence-electron chi connectivity index (χ1n) is 4.57. The Labute approximate surface area is 88.3 Å². The predicted octanol–water partition coefficient (Wildman–Crippen LogP) is 1.47. The van der Waals surface area contributed by atoms with Gasteiger partial charge in [-0.05, 0) is 31.2 Å². The molecule has 1 unspecified atom stereocenters. The minimum absolute atomic E-state index is 0.158. The molecule has 0 radical (unpaired) electrons. The molecule has 0 aliphatic rings. The van der Waals surface area contributed by atoms with Gasteiger partial charge in [0.05, 0.1) is 12.5 Å². The summed E-state index contributed by atoms with van der Waals surface area (Å²) in [7, 11) is 0. The first-order chi connectivity index (χ1) is 7.13. The zero-order chi connectivity index (χ0) is 11.3. The summed E-state index contributed by atoms with van der Waals surface area (Å²) in [6, 6.07) is 8.53. The van der Waals surface area contributed by atoms with Crippen LogP contribution < -0.4 is 10.5 Å². The molecule has 0 aliphatic heterocycles. The smallest absolute Gasteiger partial charge is 0.248 e. The number of benzene rings is 1. The van der Waals surface area contributed by atoms with Gasteiger partial charge in [-0.3, -0.25) is 4.79 Å². The van der Waals surface area contributed by atoms with Crippen molar-refractivity contribution in [1.82, 2.24) is 0 Å². The fourth-order valence-corrected chi connectivity index (χ4v) is 1.10. The van der Waals surface area contributed by atoms with E-state index in [0.29, 0.717) is 17.7 Å². The van der Waals surface area contributed by atoms with E-state index in [4.69, 9.17) is 15.7 Å². The van der Waals surface area contributed by atoms with Gasteiger partial charge in [-0.15, -0.1) is 0 Å². The van der Waals surface area contributed by atoms with Crippen LogP contribution in [-0.4, -0.2) is 12.0 Å². The molecule has 2 N–H and O–H groups in total. The highest BCUT2D eigenvalue weighted by Crippen LogP contribution is 2.14. The zero-order valence-electron chi connectivity index (χ0n) is 8.43. The lowest BCUT2D eigenvalue weighted by molar-refractivity contribution is 0.100. The Morgan fingerprint density at radius 3 is 2.60 bits per heavy atom. The van der Waals surface area contributed by atoms with Gasteiger partial charge < -0.3 is 10.5 Å². The molecule has 15 heavy (non-hydrogen) atoms. The van der Waals surface area contributed by atoms with Crippen LogP contribution in [0.4, 0.5) is 0 Å². The van der Waals surface area contributed by atoms with Crippen molar-refractivity contribution in [1.29, 1.82) is 5.26 Å². The average Bonchev–Trinajstić information content (AvgIpc) is 2.18. The lowest BCUT2D eigenvalue weighted by atomic mass is 10.2. The minimum Gasteiger partial charge on any atom is -0.490 e. The number of hydrogen-bond acceptors (Lipinski definition) is 3. The molecular weight excluding hydrogens is 192 g/mol. The summed E-state index contributed by atoms with van der Waals surface area (Å²) in [6.07, 6.45) is 0.173. The zero-order valence-corrected chi connectivity index (χ0v) is 8.43. The van der Waals surface area contributed by atoms with Gasteiger partial charge in [0.25, 0.3) is 0 Å². The van der Waals surface area contributed by atoms with Crippen LogP contribution in [0.15, 0.2) is 24.3 Å². The Balaban J connectivity index is 2.65. The quantitative estimate of drug-likeness (QED) is 0.806. The van der Waals surface area contributed by atoms with E-state index in [-0.39, 0.29) is 6.10 Å². The number of rotatable bonds is 4. The molecule has 0 aromatic heterocycles. The molecule has 0 heterocycles. The van der Waals surface area contributed by atoms with Crippen molar-refractivity contribution >= 4 is 5.91 Å². The van der Waals surface area contributed by atoms with Gasteiger partial charge in [-0.25, -0.2) is 0 Å². The Hall–Kier alpha value is -2.02. The predicted molar refractivity (Wildman–Crippen MR) is 55.3 cm³/mol. The highest BCUT2D eigenvalue weighted by Gasteiger charge is 2.04. The number of nitrogens with two attached hydrogens (primary N) is 1. The van der Waals surface area contributed by atoms with Gasteiger partial charge in [0.1, 0.15) is 11.9 Å². The summed E-state index contributed by atoms with van der Waals surface area (Å²) in [5.74, 6) is 0.161. The summed E-state index contributed by atoms with van der Waals surface area (Å²) in [6.45, 7) is 1.81. The van der Waals surface area contributed by atoms with Gasteiger partial charge in [0.15, 0.2) is 0 Å². The molecule has 4 nitrogen and oxygen atoms in total. The van der Waals surface area contributed by atoms with Crippen LogP contribution >= 0.6 is 0 Å². The van der Waals surface area contributed by atoms with Crippen LogP contribution in [0.3, 0.4) is 0 Å². The van der Waals surface area contributed by atoms with Crippen molar-refractivity contribution in [3.05, 3.63) is 29.8 Å². The maximum Gasteiger partial charge on any atom is 0.248 e. The number of carbonyl (C=O) groups excluding carboxylic acids is 1. The van der Waals surface area contributed by atoms with Crippen molar-refractivity contribution in [2.24, 2.45) is 5.73 Å². The molecule has 0 saturated carbocycles. The van der Waals surface area contributed by atoms with Gasteiger partial charge in [-0.2, -0.15) is 5.26 Å². The van der Waals surface area contributed by atoms with Crippen LogP contribution in [-0.2, 0) is 0 Å². The molecule has 1 aromatic carbocycles. The highest BCUT2D eigenvalue weighted by atomic mass is 16.5. The van der Waals surface area contributed by atoms with Crippen LogP contribution in [0.2, 0.25) is 0 Å². The number of nitriles is 1. The first kappa shape index (κ1) is 11.1. The van der Waals surface area contributed by atoms with Crippen molar-refractivity contribution < 1.29 is 9.53 Å². The molecule has 0 fully saturated rings. The van der Waals surface area contributed by atoms with Crippen LogP contribution in [0.25, 0.3) is 0 Å². The second-order valence-corrected chi connectivity index (χ2v) is 3.18. The molecule has 0 spiro atoms. The maximum atomic E-state index is 10.8. The van der Waals surface area contributed by atoms with E-state index in [0.717, 1.165) is 0 Å². The largest absolute Gasteiger partial charge is 0.490 e. The molecule has 1 aromatic rings. The number of amides is 1. The molecule has 1 amide bonds. The molecule has 78 valence electrons. The number of nitrogens with zero attached hydrogens (tertiary/aromatic N) is 1. The summed E-state index contributed by atoms with van der Waals surface area (Å²) in [5.41, 5.74) is 5.53. The highest BCUT2D eigenvalue weighted by molar-refractivity contribution is 5.92. The SMILES string of the molecule is CC(CC#N)Oc1ccc(C(N)=O)cc1. The van der Waals surface area contributed by atoms with Crippen LogP contribution in [0.5, 0.6) is 5.75 Å². The second-order valence-electron chi connectivity index (χ2n) is 3.18. The number of hydrogen-bond donors (Lipinski definition) is 1. The van der Waals surface area contributed by atoms with Crippen molar-refractivity contribution in [2.45, 2.75) is 19.4 Å². The average molecular weight is 204 g/mol. The van der Waals surface area contributed by atoms with Crippen molar-refractivity contribution in [3.63, 3.8) is 0 Å². The molecule has 1 atom stereocenters. The molecule has 0 bridgehead atoms. The van der Waals surface area contributed by atoms with E-state index in [1.807, 2.05) is 13.0 Å². The Morgan fingerprint density at radius 1 is 1.53 bits per heavy atom. The van der Waals surface area contributed by atoms with E-state index in [9.17, 15) is 4.79 Å². The maximum absolute atomic E-state index is 10.8. The van der Waals surface area contributed by atoms with Gasteiger partial charge >= 0.3 is 0 Å². The van der Waals surface area contributed by atoms with Crippen molar-refractivity contribution in [3.8, 4) is 11.8 Å². The number of ether oxygens (including phenoxy) is 1. The fraction of sp³-hybridized carbons (Fsp3) is 0.273. The normalized spacial score (nSPS) is 11.5. The van der Waals surface area contributed by atoms with E-state index in [1.54, 1.807) is 24.3 Å². The topological polar surface area (TPSA) is 76.1 Å². The molecule has 0 aliphatic carbocycles. The Bertz CT molecular complexity index is 379. The van der Waals surface area contributed by atoms with Crippen LogP contribution in [0.1, 0.15) is 23.7 Å². The fourth-order valence-electron chi connectivity index (χ4n) is 1.10. The third kappa shape index (κ3) is 3.31. The third-order valence-electron chi connectivity index (χ3n) is 1.85. The second kappa shape index (κ2) is 5.01. The van der Waals surface area contributed by atoms with E-state index >= 15 is 0 Å². The third-order valence-corrected chi connectivity index (χ3v) is 1.85. The Morgan fingerprint density at radius 2 is 2.13 bits per heavy atom. The monoisotopic (exact) mass is 204 g/mol. The van der Waals surface area contributed by atoms with Crippen LogP contribution in [0, 0.1) is 11.3 Å². The summed E-state index contributed by atoms with van der Waals surface area (Å²) in [4.78, 5) is 10.8. The van der Waals surface area contributed by atoms with Crippen molar-refractivity contribution in [2.75, 3.05) is 0 Å². The first-order valence-corrected chi connectivity index (χ1v) is 4.57. The molecular formula is C11H12N2O2. The number of carbonyl (C=O) groups is 1. The van der Waals surface area contributed by atoms with E-state index < -0.39 is 5.91 Å².